The molecule has 0 saturated heterocycles. The Kier molecular flexibility index (Phi) is 5.76. The molecule has 0 radical (unpaired) electrons. The summed E-state index contributed by atoms with van der Waals surface area (Å²) < 4.78 is 24.1. The van der Waals surface area contributed by atoms with E-state index in [1.807, 2.05) is 19.0 Å². The lowest BCUT2D eigenvalue weighted by Crippen LogP contribution is -2.31. The van der Waals surface area contributed by atoms with Gasteiger partial charge in [0.25, 0.3) is 5.91 Å². The van der Waals surface area contributed by atoms with Gasteiger partial charge in [0.1, 0.15) is 17.1 Å². The van der Waals surface area contributed by atoms with Crippen LogP contribution in [-0.2, 0) is 0 Å². The van der Waals surface area contributed by atoms with Crippen LogP contribution in [0, 0.1) is 5.82 Å². The van der Waals surface area contributed by atoms with Gasteiger partial charge in [0.05, 0.1) is 24.8 Å². The molecule has 1 heterocycles. The van der Waals surface area contributed by atoms with Gasteiger partial charge in [-0.3, -0.25) is 4.79 Å². The van der Waals surface area contributed by atoms with Crippen LogP contribution < -0.4 is 10.1 Å². The molecule has 1 atom stereocenters. The number of benzene rings is 2. The number of rotatable bonds is 7. The van der Waals surface area contributed by atoms with Crippen molar-refractivity contribution in [3.05, 3.63) is 65.7 Å². The number of methoxy groups -OCH3 is 1. The van der Waals surface area contributed by atoms with Crippen LogP contribution in [-0.4, -0.2) is 38.6 Å². The van der Waals surface area contributed by atoms with Gasteiger partial charge in [-0.2, -0.15) is 0 Å². The van der Waals surface area contributed by atoms with Crippen LogP contribution in [0.15, 0.2) is 53.1 Å². The van der Waals surface area contributed by atoms with Gasteiger partial charge in [-0.25, -0.2) is 4.39 Å². The van der Waals surface area contributed by atoms with Gasteiger partial charge in [-0.1, -0.05) is 12.1 Å². The Balaban J connectivity index is 1.86. The number of carbonyl (C=O) groups is 1. The van der Waals surface area contributed by atoms with Crippen molar-refractivity contribution in [3.63, 3.8) is 0 Å². The van der Waals surface area contributed by atoms with E-state index in [4.69, 9.17) is 9.15 Å². The molecule has 142 valence electrons. The van der Waals surface area contributed by atoms with Crippen molar-refractivity contribution in [1.82, 2.24) is 10.2 Å². The molecule has 0 aliphatic heterocycles. The lowest BCUT2D eigenvalue weighted by molar-refractivity contribution is 0.0932. The average Bonchev–Trinajstić information content (AvgIpc) is 3.13. The minimum absolute atomic E-state index is 0.236. The third-order valence-corrected chi connectivity index (χ3v) is 4.46. The number of nitrogens with one attached hydrogen (secondary N) is 1. The molecule has 2 aromatic carbocycles. The lowest BCUT2D eigenvalue weighted by Gasteiger charge is -2.21. The summed E-state index contributed by atoms with van der Waals surface area (Å²) >= 11 is 0. The SMILES string of the molecule is COc1cc(C(=O)N[C@@H](CCN(C)C)c2ccc(F)cc2)cc2occc12. The zero-order chi connectivity index (χ0) is 19.4. The summed E-state index contributed by atoms with van der Waals surface area (Å²) in [4.78, 5) is 14.9. The van der Waals surface area contributed by atoms with Crippen molar-refractivity contribution in [2.24, 2.45) is 0 Å². The fourth-order valence-corrected chi connectivity index (χ4v) is 2.98. The minimum atomic E-state index is -0.301. The Labute approximate surface area is 157 Å². The topological polar surface area (TPSA) is 54.7 Å². The van der Waals surface area contributed by atoms with Crippen LogP contribution in [0.5, 0.6) is 5.75 Å². The van der Waals surface area contributed by atoms with Crippen LogP contribution in [0.25, 0.3) is 11.0 Å². The van der Waals surface area contributed by atoms with Crippen LogP contribution in [0.2, 0.25) is 0 Å². The maximum absolute atomic E-state index is 13.3. The summed E-state index contributed by atoms with van der Waals surface area (Å²) in [6, 6.07) is 11.2. The first kappa shape index (κ1) is 18.9. The molecule has 1 aromatic heterocycles. The molecule has 1 amide bonds. The molecule has 5 nitrogen and oxygen atoms in total. The smallest absolute Gasteiger partial charge is 0.252 e. The maximum atomic E-state index is 13.3. The highest BCUT2D eigenvalue weighted by molar-refractivity contribution is 5.99. The van der Waals surface area contributed by atoms with E-state index in [0.717, 1.165) is 17.5 Å². The van der Waals surface area contributed by atoms with Gasteiger partial charge in [0.15, 0.2) is 0 Å². The Morgan fingerprint density at radius 2 is 1.96 bits per heavy atom. The number of carbonyl (C=O) groups excluding carboxylic acids is 1. The standard InChI is InChI=1S/C21H23FN2O3/c1-24(2)10-8-18(14-4-6-16(22)7-5-14)23-21(25)15-12-19(26-3)17-9-11-27-20(17)13-15/h4-7,9,11-13,18H,8,10H2,1-3H3,(H,23,25)/t18-/m0/s1. The first-order valence-corrected chi connectivity index (χ1v) is 8.74. The second-order valence-corrected chi connectivity index (χ2v) is 6.68. The summed E-state index contributed by atoms with van der Waals surface area (Å²) in [7, 11) is 5.50. The van der Waals surface area contributed by atoms with E-state index in [1.165, 1.54) is 12.1 Å². The van der Waals surface area contributed by atoms with Crippen LogP contribution in [0.4, 0.5) is 4.39 Å². The van der Waals surface area contributed by atoms with Crippen molar-refractivity contribution in [1.29, 1.82) is 0 Å². The number of hydrogen-bond donors (Lipinski definition) is 1. The zero-order valence-corrected chi connectivity index (χ0v) is 15.7. The molecule has 3 rings (SSSR count). The van der Waals surface area contributed by atoms with Crippen molar-refractivity contribution in [2.45, 2.75) is 12.5 Å². The zero-order valence-electron chi connectivity index (χ0n) is 15.7. The Hall–Kier alpha value is -2.86. The maximum Gasteiger partial charge on any atom is 0.252 e. The molecular weight excluding hydrogens is 347 g/mol. The highest BCUT2D eigenvalue weighted by Gasteiger charge is 2.18. The molecule has 0 spiro atoms. The Bertz CT molecular complexity index is 919. The number of amides is 1. The normalized spacial score (nSPS) is 12.3. The van der Waals surface area contributed by atoms with Crippen LogP contribution in [0.3, 0.4) is 0 Å². The Morgan fingerprint density at radius 1 is 1.22 bits per heavy atom. The lowest BCUT2D eigenvalue weighted by atomic mass is 10.0. The van der Waals surface area contributed by atoms with Gasteiger partial charge >= 0.3 is 0 Å². The van der Waals surface area contributed by atoms with Gasteiger partial charge in [-0.05, 0) is 63.0 Å². The third-order valence-electron chi connectivity index (χ3n) is 4.46. The molecule has 0 fully saturated rings. The van der Waals surface area contributed by atoms with Crippen LogP contribution in [0.1, 0.15) is 28.4 Å². The summed E-state index contributed by atoms with van der Waals surface area (Å²) in [5.41, 5.74) is 1.90. The largest absolute Gasteiger partial charge is 0.496 e. The fourth-order valence-electron chi connectivity index (χ4n) is 2.98. The van der Waals surface area contributed by atoms with Gasteiger partial charge in [0.2, 0.25) is 0 Å². The Morgan fingerprint density at radius 3 is 2.63 bits per heavy atom. The van der Waals surface area contributed by atoms with Gasteiger partial charge in [-0.15, -0.1) is 0 Å². The molecule has 0 unspecified atom stereocenters. The molecule has 27 heavy (non-hydrogen) atoms. The molecule has 0 bridgehead atoms. The van der Waals surface area contributed by atoms with Gasteiger partial charge < -0.3 is 19.4 Å². The van der Waals surface area contributed by atoms with E-state index in [9.17, 15) is 9.18 Å². The number of furan rings is 1. The monoisotopic (exact) mass is 370 g/mol. The molecule has 0 aliphatic rings. The summed E-state index contributed by atoms with van der Waals surface area (Å²) in [5.74, 6) is 0.0437. The summed E-state index contributed by atoms with van der Waals surface area (Å²) in [6.07, 6.45) is 2.26. The van der Waals surface area contributed by atoms with E-state index in [2.05, 4.69) is 5.32 Å². The molecular formula is C21H23FN2O3. The summed E-state index contributed by atoms with van der Waals surface area (Å²) in [5, 5.41) is 3.86. The minimum Gasteiger partial charge on any atom is -0.496 e. The number of ether oxygens (including phenoxy) is 1. The van der Waals surface area contributed by atoms with E-state index < -0.39 is 0 Å². The van der Waals surface area contributed by atoms with Crippen LogP contribution >= 0.6 is 0 Å². The number of nitrogens with zero attached hydrogens (tertiary/aromatic N) is 1. The van der Waals surface area contributed by atoms with Crippen molar-refractivity contribution >= 4 is 16.9 Å². The van der Waals surface area contributed by atoms with E-state index >= 15 is 0 Å². The molecule has 0 saturated carbocycles. The second-order valence-electron chi connectivity index (χ2n) is 6.68. The molecule has 3 aromatic rings. The predicted molar refractivity (Wildman–Crippen MR) is 103 cm³/mol. The summed E-state index contributed by atoms with van der Waals surface area (Å²) in [6.45, 7) is 0.781. The third kappa shape index (κ3) is 4.46. The van der Waals surface area contributed by atoms with Crippen molar-refractivity contribution < 1.29 is 18.3 Å². The van der Waals surface area contributed by atoms with Gasteiger partial charge in [0, 0.05) is 5.56 Å². The fraction of sp³-hybridized carbons (Fsp3) is 0.286. The van der Waals surface area contributed by atoms with Crippen molar-refractivity contribution in [2.75, 3.05) is 27.7 Å². The average molecular weight is 370 g/mol. The number of halogens is 1. The molecule has 1 N–H and O–H groups in total. The first-order chi connectivity index (χ1) is 13.0. The number of fused-ring (bicyclic) bond motifs is 1. The van der Waals surface area contributed by atoms with E-state index in [-0.39, 0.29) is 17.8 Å². The van der Waals surface area contributed by atoms with Crippen molar-refractivity contribution in [3.8, 4) is 5.75 Å². The van der Waals surface area contributed by atoms with E-state index in [1.54, 1.807) is 43.7 Å². The first-order valence-electron chi connectivity index (χ1n) is 8.74. The number of hydrogen-bond acceptors (Lipinski definition) is 4. The highest BCUT2D eigenvalue weighted by Crippen LogP contribution is 2.29. The second kappa shape index (κ2) is 8.22. The van der Waals surface area contributed by atoms with E-state index in [0.29, 0.717) is 23.3 Å². The molecule has 0 aliphatic carbocycles. The highest BCUT2D eigenvalue weighted by atomic mass is 19.1. The quantitative estimate of drug-likeness (QED) is 0.683. The molecule has 6 heteroatoms. The predicted octanol–water partition coefficient (Wildman–Crippen LogP) is 4.00.